The van der Waals surface area contributed by atoms with E-state index in [1.165, 1.54) is 13.2 Å². The zero-order chi connectivity index (χ0) is 19.4. The SMILES string of the molecule is COC(=O)C[C@@H](c1cnn(C)c1)c1oc(CN2CCOCC2)cc(=O)c1O. The van der Waals surface area contributed by atoms with Gasteiger partial charge in [0.2, 0.25) is 11.2 Å². The van der Waals surface area contributed by atoms with Crippen molar-refractivity contribution < 1.29 is 23.8 Å². The number of aromatic hydroxyl groups is 1. The van der Waals surface area contributed by atoms with Crippen LogP contribution >= 0.6 is 0 Å². The molecule has 0 radical (unpaired) electrons. The molecule has 0 saturated carbocycles. The molecule has 0 unspecified atom stereocenters. The van der Waals surface area contributed by atoms with E-state index in [2.05, 4.69) is 10.00 Å². The van der Waals surface area contributed by atoms with E-state index in [0.717, 1.165) is 13.1 Å². The molecule has 0 bridgehead atoms. The average Bonchev–Trinajstić information content (AvgIpc) is 3.09. The van der Waals surface area contributed by atoms with Gasteiger partial charge in [0, 0.05) is 38.0 Å². The first-order chi connectivity index (χ1) is 13.0. The van der Waals surface area contributed by atoms with E-state index in [1.54, 1.807) is 24.1 Å². The Hall–Kier alpha value is -2.65. The third-order valence-electron chi connectivity index (χ3n) is 4.53. The molecule has 9 heteroatoms. The second-order valence-electron chi connectivity index (χ2n) is 6.46. The van der Waals surface area contributed by atoms with Crippen molar-refractivity contribution in [3.05, 3.63) is 45.8 Å². The van der Waals surface area contributed by atoms with E-state index in [1.807, 2.05) is 0 Å². The van der Waals surface area contributed by atoms with Gasteiger partial charge in [0.25, 0.3) is 0 Å². The third kappa shape index (κ3) is 4.55. The standard InChI is InChI=1S/C18H23N3O6/c1-20-10-12(9-19-20)14(8-16(23)25-2)18-17(24)15(22)7-13(27-18)11-21-3-5-26-6-4-21/h7,9-10,14,24H,3-6,8,11H2,1-2H3/t14-/m0/s1. The first kappa shape index (κ1) is 19.1. The molecule has 0 spiro atoms. The van der Waals surface area contributed by atoms with Gasteiger partial charge >= 0.3 is 5.97 Å². The van der Waals surface area contributed by atoms with Crippen LogP contribution in [0, 0.1) is 0 Å². The van der Waals surface area contributed by atoms with Gasteiger partial charge < -0.3 is 19.0 Å². The number of morpholine rings is 1. The molecule has 2 aromatic rings. The fourth-order valence-corrected chi connectivity index (χ4v) is 3.08. The molecule has 0 aromatic carbocycles. The minimum Gasteiger partial charge on any atom is -0.502 e. The number of aromatic nitrogens is 2. The summed E-state index contributed by atoms with van der Waals surface area (Å²) in [5.41, 5.74) is 0.100. The lowest BCUT2D eigenvalue weighted by Crippen LogP contribution is -2.35. The van der Waals surface area contributed by atoms with Gasteiger partial charge in [0.05, 0.1) is 45.4 Å². The van der Waals surface area contributed by atoms with Crippen molar-refractivity contribution in [2.75, 3.05) is 33.4 Å². The summed E-state index contributed by atoms with van der Waals surface area (Å²) in [5, 5.41) is 14.4. The highest BCUT2D eigenvalue weighted by Crippen LogP contribution is 2.33. The number of carbonyl (C=O) groups is 1. The van der Waals surface area contributed by atoms with Gasteiger partial charge in [-0.3, -0.25) is 19.2 Å². The Morgan fingerprint density at radius 3 is 2.78 bits per heavy atom. The normalized spacial score (nSPS) is 16.2. The number of nitrogens with zero attached hydrogens (tertiary/aromatic N) is 3. The van der Waals surface area contributed by atoms with Crippen LogP contribution in [-0.4, -0.2) is 59.2 Å². The summed E-state index contributed by atoms with van der Waals surface area (Å²) in [6.07, 6.45) is 3.20. The first-order valence-electron chi connectivity index (χ1n) is 8.69. The number of carbonyl (C=O) groups excluding carboxylic acids is 1. The van der Waals surface area contributed by atoms with Crippen LogP contribution in [0.4, 0.5) is 0 Å². The molecule has 1 saturated heterocycles. The van der Waals surface area contributed by atoms with E-state index in [9.17, 15) is 14.7 Å². The Balaban J connectivity index is 1.97. The van der Waals surface area contributed by atoms with Crippen LogP contribution in [0.2, 0.25) is 0 Å². The maximum Gasteiger partial charge on any atom is 0.306 e. The van der Waals surface area contributed by atoms with E-state index >= 15 is 0 Å². The molecule has 3 heterocycles. The van der Waals surface area contributed by atoms with Gasteiger partial charge in [-0.2, -0.15) is 5.10 Å². The number of rotatable bonds is 6. The molecule has 146 valence electrons. The van der Waals surface area contributed by atoms with Crippen LogP contribution in [0.25, 0.3) is 0 Å². The van der Waals surface area contributed by atoms with Crippen LogP contribution < -0.4 is 5.43 Å². The Kier molecular flexibility index (Phi) is 5.92. The number of ether oxygens (including phenoxy) is 2. The first-order valence-corrected chi connectivity index (χ1v) is 8.69. The van der Waals surface area contributed by atoms with Gasteiger partial charge in [-0.15, -0.1) is 0 Å². The monoisotopic (exact) mass is 377 g/mol. The average molecular weight is 377 g/mol. The van der Waals surface area contributed by atoms with E-state index in [-0.39, 0.29) is 12.2 Å². The summed E-state index contributed by atoms with van der Waals surface area (Å²) in [7, 11) is 3.02. The molecule has 27 heavy (non-hydrogen) atoms. The Morgan fingerprint density at radius 1 is 1.41 bits per heavy atom. The number of aryl methyl sites for hydroxylation is 1. The van der Waals surface area contributed by atoms with Crippen molar-refractivity contribution in [1.82, 2.24) is 14.7 Å². The summed E-state index contributed by atoms with van der Waals surface area (Å²) < 4.78 is 17.5. The molecule has 9 nitrogen and oxygen atoms in total. The van der Waals surface area contributed by atoms with Gasteiger partial charge in [0.15, 0.2) is 5.76 Å². The Morgan fingerprint density at radius 2 is 2.15 bits per heavy atom. The minimum atomic E-state index is -0.677. The molecule has 3 rings (SSSR count). The summed E-state index contributed by atoms with van der Waals surface area (Å²) >= 11 is 0. The fraction of sp³-hybridized carbons (Fsp3) is 0.500. The third-order valence-corrected chi connectivity index (χ3v) is 4.53. The summed E-state index contributed by atoms with van der Waals surface area (Å²) in [6.45, 7) is 3.12. The zero-order valence-electron chi connectivity index (χ0n) is 15.4. The fourth-order valence-electron chi connectivity index (χ4n) is 3.08. The Bertz CT molecular complexity index is 853. The second kappa shape index (κ2) is 8.36. The van der Waals surface area contributed by atoms with E-state index in [0.29, 0.717) is 31.1 Å². The van der Waals surface area contributed by atoms with Gasteiger partial charge in [0.1, 0.15) is 5.76 Å². The predicted octanol–water partition coefficient (Wildman–Crippen LogP) is 0.606. The maximum atomic E-state index is 12.3. The van der Waals surface area contributed by atoms with Crippen molar-refractivity contribution in [2.24, 2.45) is 7.05 Å². The minimum absolute atomic E-state index is 0.0455. The van der Waals surface area contributed by atoms with Crippen molar-refractivity contribution in [3.8, 4) is 5.75 Å². The molecule has 0 aliphatic carbocycles. The largest absolute Gasteiger partial charge is 0.502 e. The van der Waals surface area contributed by atoms with Crippen LogP contribution in [0.15, 0.2) is 27.7 Å². The highest BCUT2D eigenvalue weighted by atomic mass is 16.5. The summed E-state index contributed by atoms with van der Waals surface area (Å²) in [6, 6.07) is 1.28. The van der Waals surface area contributed by atoms with E-state index in [4.69, 9.17) is 13.9 Å². The molecular weight excluding hydrogens is 354 g/mol. The molecule has 1 fully saturated rings. The Labute approximate surface area is 156 Å². The highest BCUT2D eigenvalue weighted by molar-refractivity contribution is 5.71. The molecule has 1 N–H and O–H groups in total. The molecule has 0 amide bonds. The molecule has 1 aliphatic heterocycles. The number of hydrogen-bond acceptors (Lipinski definition) is 8. The van der Waals surface area contributed by atoms with Crippen molar-refractivity contribution in [1.29, 1.82) is 0 Å². The number of esters is 1. The van der Waals surface area contributed by atoms with Crippen LogP contribution in [0.3, 0.4) is 0 Å². The second-order valence-corrected chi connectivity index (χ2v) is 6.46. The molecule has 1 atom stereocenters. The lowest BCUT2D eigenvalue weighted by atomic mass is 9.94. The topological polar surface area (TPSA) is 107 Å². The van der Waals surface area contributed by atoms with Crippen LogP contribution in [0.5, 0.6) is 5.75 Å². The van der Waals surface area contributed by atoms with E-state index < -0.39 is 23.1 Å². The highest BCUT2D eigenvalue weighted by Gasteiger charge is 2.28. The number of methoxy groups -OCH3 is 1. The quantitative estimate of drug-likeness (QED) is 0.730. The van der Waals surface area contributed by atoms with Crippen molar-refractivity contribution >= 4 is 5.97 Å². The zero-order valence-corrected chi connectivity index (χ0v) is 15.4. The summed E-state index contributed by atoms with van der Waals surface area (Å²) in [5.74, 6) is -1.19. The van der Waals surface area contributed by atoms with Crippen molar-refractivity contribution in [2.45, 2.75) is 18.9 Å². The summed E-state index contributed by atoms with van der Waals surface area (Å²) in [4.78, 5) is 26.3. The predicted molar refractivity (Wildman–Crippen MR) is 94.4 cm³/mol. The van der Waals surface area contributed by atoms with Gasteiger partial charge in [-0.1, -0.05) is 0 Å². The number of hydrogen-bond donors (Lipinski definition) is 1. The maximum absolute atomic E-state index is 12.3. The smallest absolute Gasteiger partial charge is 0.306 e. The lowest BCUT2D eigenvalue weighted by Gasteiger charge is -2.26. The van der Waals surface area contributed by atoms with Gasteiger partial charge in [-0.05, 0) is 0 Å². The molecular formula is C18H23N3O6. The van der Waals surface area contributed by atoms with Crippen LogP contribution in [0.1, 0.15) is 29.4 Å². The van der Waals surface area contributed by atoms with Gasteiger partial charge in [-0.25, -0.2) is 0 Å². The lowest BCUT2D eigenvalue weighted by molar-refractivity contribution is -0.140. The molecule has 1 aliphatic rings. The van der Waals surface area contributed by atoms with Crippen molar-refractivity contribution in [3.63, 3.8) is 0 Å². The van der Waals surface area contributed by atoms with Crippen LogP contribution in [-0.2, 0) is 27.9 Å². The molecule has 2 aromatic heterocycles.